The second-order valence-corrected chi connectivity index (χ2v) is 4.35. The molecule has 7 nitrogen and oxygen atoms in total. The van der Waals surface area contributed by atoms with Crippen LogP contribution in [0.15, 0.2) is 12.3 Å². The molecule has 1 unspecified atom stereocenters. The quantitative estimate of drug-likeness (QED) is 0.664. The molecule has 0 radical (unpaired) electrons. The number of halogens is 1. The molecule has 1 aromatic heterocycles. The molecule has 18 heavy (non-hydrogen) atoms. The molecule has 1 atom stereocenters. The molecule has 1 saturated heterocycles. The van der Waals surface area contributed by atoms with Gasteiger partial charge in [0.15, 0.2) is 0 Å². The lowest BCUT2D eigenvalue weighted by atomic mass is 10.2. The maximum atomic E-state index is 11.1. The minimum atomic E-state index is -0.941. The maximum absolute atomic E-state index is 11.1. The molecule has 96 valence electrons. The summed E-state index contributed by atoms with van der Waals surface area (Å²) < 4.78 is 0. The van der Waals surface area contributed by atoms with E-state index in [4.69, 9.17) is 16.7 Å². The van der Waals surface area contributed by atoms with Crippen LogP contribution in [0.5, 0.6) is 0 Å². The Hall–Kier alpha value is -1.89. The first kappa shape index (κ1) is 12.6. The van der Waals surface area contributed by atoms with Crippen molar-refractivity contribution in [2.45, 2.75) is 18.9 Å². The third kappa shape index (κ3) is 2.21. The van der Waals surface area contributed by atoms with Crippen LogP contribution in [0.2, 0.25) is 5.02 Å². The molecule has 1 N–H and O–H groups in total. The first-order chi connectivity index (χ1) is 8.50. The molecule has 0 amide bonds. The number of hydrogen-bond donors (Lipinski definition) is 1. The molecule has 8 heteroatoms. The minimum absolute atomic E-state index is 0.0948. The van der Waals surface area contributed by atoms with E-state index >= 15 is 0 Å². The van der Waals surface area contributed by atoms with Crippen LogP contribution in [0.4, 0.5) is 11.5 Å². The van der Waals surface area contributed by atoms with Crippen LogP contribution in [0.25, 0.3) is 0 Å². The average molecular weight is 272 g/mol. The van der Waals surface area contributed by atoms with Gasteiger partial charge in [-0.25, -0.2) is 9.78 Å². The van der Waals surface area contributed by atoms with Gasteiger partial charge >= 0.3 is 5.97 Å². The van der Waals surface area contributed by atoms with E-state index < -0.39 is 16.9 Å². The number of hydrogen-bond acceptors (Lipinski definition) is 5. The predicted octanol–water partition coefficient (Wildman–Crippen LogP) is 1.70. The first-order valence-electron chi connectivity index (χ1n) is 5.30. The predicted molar refractivity (Wildman–Crippen MR) is 63.9 cm³/mol. The molecule has 2 heterocycles. The number of pyridine rings is 1. The molecule has 0 spiro atoms. The summed E-state index contributed by atoms with van der Waals surface area (Å²) in [6.07, 6.45) is 2.33. The molecule has 1 aliphatic heterocycles. The van der Waals surface area contributed by atoms with Crippen LogP contribution in [-0.4, -0.2) is 33.6 Å². The standard InChI is InChI=1S/C10H10ClN3O4/c11-7-4-6(14(17)18)5-12-9(7)13-3-1-2-8(13)10(15)16/h4-5,8H,1-3H2,(H,15,16). The van der Waals surface area contributed by atoms with Crippen LogP contribution in [0.1, 0.15) is 12.8 Å². The van der Waals surface area contributed by atoms with Crippen molar-refractivity contribution in [3.63, 3.8) is 0 Å². The van der Waals surface area contributed by atoms with E-state index in [0.717, 1.165) is 12.6 Å². The normalized spacial score (nSPS) is 18.9. The van der Waals surface area contributed by atoms with Gasteiger partial charge in [-0.05, 0) is 12.8 Å². The van der Waals surface area contributed by atoms with E-state index in [1.807, 2.05) is 0 Å². The lowest BCUT2D eigenvalue weighted by Gasteiger charge is -2.22. The molecule has 1 fully saturated rings. The SMILES string of the molecule is O=C(O)C1CCCN1c1ncc([N+](=O)[O-])cc1Cl. The van der Waals surface area contributed by atoms with Gasteiger partial charge in [-0.15, -0.1) is 0 Å². The van der Waals surface area contributed by atoms with E-state index in [2.05, 4.69) is 4.98 Å². The Bertz CT molecular complexity index is 508. The summed E-state index contributed by atoms with van der Waals surface area (Å²) in [5.74, 6) is -0.657. The second-order valence-electron chi connectivity index (χ2n) is 3.95. The van der Waals surface area contributed by atoms with Crippen LogP contribution in [0, 0.1) is 10.1 Å². The highest BCUT2D eigenvalue weighted by Crippen LogP contribution is 2.32. The van der Waals surface area contributed by atoms with Crippen molar-refractivity contribution < 1.29 is 14.8 Å². The number of aromatic nitrogens is 1. The Morgan fingerprint density at radius 1 is 1.67 bits per heavy atom. The number of rotatable bonds is 3. The van der Waals surface area contributed by atoms with Crippen molar-refractivity contribution in [2.24, 2.45) is 0 Å². The summed E-state index contributed by atoms with van der Waals surface area (Å²) in [5.41, 5.74) is -0.213. The van der Waals surface area contributed by atoms with Gasteiger partial charge in [0.25, 0.3) is 5.69 Å². The number of carboxylic acids is 1. The summed E-state index contributed by atoms with van der Waals surface area (Å²) in [7, 11) is 0. The molecular formula is C10H10ClN3O4. The Morgan fingerprint density at radius 3 is 2.94 bits per heavy atom. The monoisotopic (exact) mass is 271 g/mol. The Morgan fingerprint density at radius 2 is 2.39 bits per heavy atom. The lowest BCUT2D eigenvalue weighted by Crippen LogP contribution is -2.36. The van der Waals surface area contributed by atoms with Crippen molar-refractivity contribution in [2.75, 3.05) is 11.4 Å². The van der Waals surface area contributed by atoms with E-state index in [-0.39, 0.29) is 16.5 Å². The van der Waals surface area contributed by atoms with Crippen molar-refractivity contribution in [1.29, 1.82) is 0 Å². The highest BCUT2D eigenvalue weighted by Gasteiger charge is 2.33. The second kappa shape index (κ2) is 4.77. The van der Waals surface area contributed by atoms with Crippen molar-refractivity contribution in [3.8, 4) is 0 Å². The van der Waals surface area contributed by atoms with E-state index in [0.29, 0.717) is 13.0 Å². The van der Waals surface area contributed by atoms with Gasteiger partial charge in [-0.2, -0.15) is 0 Å². The fourth-order valence-electron chi connectivity index (χ4n) is 2.01. The van der Waals surface area contributed by atoms with Crippen LogP contribution in [0.3, 0.4) is 0 Å². The van der Waals surface area contributed by atoms with Crippen LogP contribution < -0.4 is 4.90 Å². The summed E-state index contributed by atoms with van der Waals surface area (Å²) >= 11 is 5.92. The fraction of sp³-hybridized carbons (Fsp3) is 0.400. The number of aliphatic carboxylic acids is 1. The third-order valence-corrected chi connectivity index (χ3v) is 3.11. The van der Waals surface area contributed by atoms with Crippen LogP contribution >= 0.6 is 11.6 Å². The van der Waals surface area contributed by atoms with Gasteiger partial charge in [-0.1, -0.05) is 11.6 Å². The summed E-state index contributed by atoms with van der Waals surface area (Å²) in [6, 6.07) is 0.512. The molecule has 1 aliphatic rings. The minimum Gasteiger partial charge on any atom is -0.480 e. The highest BCUT2D eigenvalue weighted by atomic mass is 35.5. The smallest absolute Gasteiger partial charge is 0.326 e. The number of carbonyl (C=O) groups is 1. The topological polar surface area (TPSA) is 96.6 Å². The zero-order valence-electron chi connectivity index (χ0n) is 9.24. The van der Waals surface area contributed by atoms with Gasteiger partial charge in [0.2, 0.25) is 0 Å². The number of carboxylic acid groups (broad SMARTS) is 1. The van der Waals surface area contributed by atoms with Gasteiger partial charge in [0.1, 0.15) is 18.1 Å². The number of anilines is 1. The zero-order chi connectivity index (χ0) is 13.3. The highest BCUT2D eigenvalue weighted by molar-refractivity contribution is 6.33. The summed E-state index contributed by atoms with van der Waals surface area (Å²) in [5, 5.41) is 19.7. The molecule has 0 aliphatic carbocycles. The molecule has 0 saturated carbocycles. The largest absolute Gasteiger partial charge is 0.480 e. The average Bonchev–Trinajstić information content (AvgIpc) is 2.77. The Labute approximate surface area is 107 Å². The molecule has 1 aromatic rings. The molecule has 0 aromatic carbocycles. The van der Waals surface area contributed by atoms with Gasteiger partial charge in [0.05, 0.1) is 9.95 Å². The lowest BCUT2D eigenvalue weighted by molar-refractivity contribution is -0.385. The third-order valence-electron chi connectivity index (χ3n) is 2.83. The number of nitrogens with zero attached hydrogens (tertiary/aromatic N) is 3. The van der Waals surface area contributed by atoms with Crippen molar-refractivity contribution >= 4 is 29.1 Å². The van der Waals surface area contributed by atoms with E-state index in [9.17, 15) is 14.9 Å². The van der Waals surface area contributed by atoms with E-state index in [1.54, 1.807) is 4.90 Å². The molecule has 0 bridgehead atoms. The Kier molecular flexibility index (Phi) is 3.33. The summed E-state index contributed by atoms with van der Waals surface area (Å²) in [6.45, 7) is 0.529. The number of nitro groups is 1. The first-order valence-corrected chi connectivity index (χ1v) is 5.68. The van der Waals surface area contributed by atoms with Crippen LogP contribution in [-0.2, 0) is 4.79 Å². The van der Waals surface area contributed by atoms with Crippen molar-refractivity contribution in [1.82, 2.24) is 4.98 Å². The van der Waals surface area contributed by atoms with Gasteiger partial charge in [-0.3, -0.25) is 10.1 Å². The van der Waals surface area contributed by atoms with E-state index in [1.165, 1.54) is 6.07 Å². The van der Waals surface area contributed by atoms with Crippen molar-refractivity contribution in [3.05, 3.63) is 27.4 Å². The fourth-order valence-corrected chi connectivity index (χ4v) is 2.28. The molecule has 2 rings (SSSR count). The Balaban J connectivity index is 2.33. The summed E-state index contributed by atoms with van der Waals surface area (Å²) in [4.78, 5) is 26.5. The zero-order valence-corrected chi connectivity index (χ0v) is 10.0. The van der Waals surface area contributed by atoms with Gasteiger partial charge < -0.3 is 10.0 Å². The molecular weight excluding hydrogens is 262 g/mol. The van der Waals surface area contributed by atoms with Gasteiger partial charge in [0, 0.05) is 12.6 Å². The maximum Gasteiger partial charge on any atom is 0.326 e.